The van der Waals surface area contributed by atoms with Gasteiger partial charge >= 0.3 is 0 Å². The number of nitrogens with two attached hydrogens (primary N) is 1. The van der Waals surface area contributed by atoms with E-state index in [1.54, 1.807) is 11.3 Å². The minimum absolute atomic E-state index is 0.0742. The number of hydrogen-bond donors (Lipinski definition) is 1. The van der Waals surface area contributed by atoms with Gasteiger partial charge in [-0.1, -0.05) is 0 Å². The summed E-state index contributed by atoms with van der Waals surface area (Å²) in [5, 5.41) is 2.04. The Morgan fingerprint density at radius 1 is 1.42 bits per heavy atom. The fourth-order valence-electron chi connectivity index (χ4n) is 1.75. The number of rotatable bonds is 5. The molecule has 0 aliphatic carbocycles. The molecule has 0 radical (unpaired) electrons. The van der Waals surface area contributed by atoms with Gasteiger partial charge in [0.2, 0.25) is 0 Å². The Labute approximate surface area is 125 Å². The molecule has 2 aromatic rings. The van der Waals surface area contributed by atoms with Gasteiger partial charge in [0.25, 0.3) is 0 Å². The van der Waals surface area contributed by atoms with E-state index in [-0.39, 0.29) is 6.04 Å². The van der Waals surface area contributed by atoms with E-state index in [0.717, 1.165) is 28.0 Å². The molecule has 5 heteroatoms. The summed E-state index contributed by atoms with van der Waals surface area (Å²) in [5.74, 6) is 0.822. The topological polar surface area (TPSA) is 48.1 Å². The van der Waals surface area contributed by atoms with E-state index in [0.29, 0.717) is 6.61 Å². The average molecular weight is 341 g/mol. The zero-order chi connectivity index (χ0) is 13.8. The van der Waals surface area contributed by atoms with Crippen LogP contribution in [0.2, 0.25) is 0 Å². The van der Waals surface area contributed by atoms with Crippen LogP contribution in [0.1, 0.15) is 23.2 Å². The summed E-state index contributed by atoms with van der Waals surface area (Å²) in [5.41, 5.74) is 7.78. The molecule has 0 aliphatic rings. The molecule has 0 bridgehead atoms. The summed E-state index contributed by atoms with van der Waals surface area (Å²) in [4.78, 5) is 5.70. The summed E-state index contributed by atoms with van der Waals surface area (Å²) >= 11 is 5.18. The van der Waals surface area contributed by atoms with Gasteiger partial charge in [-0.2, -0.15) is 0 Å². The van der Waals surface area contributed by atoms with Crippen molar-refractivity contribution in [1.29, 1.82) is 0 Å². The van der Waals surface area contributed by atoms with Gasteiger partial charge in [-0.25, -0.2) is 0 Å². The SMILES string of the molecule is Cc1ccc(OCc2sccc2Br)c(CC(C)N)n1. The number of aromatic nitrogens is 1. The van der Waals surface area contributed by atoms with Gasteiger partial charge in [-0.15, -0.1) is 11.3 Å². The lowest BCUT2D eigenvalue weighted by molar-refractivity contribution is 0.303. The largest absolute Gasteiger partial charge is 0.486 e. The van der Waals surface area contributed by atoms with Crippen molar-refractivity contribution in [2.45, 2.75) is 32.9 Å². The number of thiophene rings is 1. The molecule has 0 spiro atoms. The van der Waals surface area contributed by atoms with Crippen LogP contribution >= 0.6 is 27.3 Å². The maximum Gasteiger partial charge on any atom is 0.141 e. The summed E-state index contributed by atoms with van der Waals surface area (Å²) < 4.78 is 6.97. The molecule has 2 heterocycles. The molecule has 2 N–H and O–H groups in total. The monoisotopic (exact) mass is 340 g/mol. The third-order valence-corrected chi connectivity index (χ3v) is 4.54. The highest BCUT2D eigenvalue weighted by atomic mass is 79.9. The van der Waals surface area contributed by atoms with Crippen LogP contribution in [0.3, 0.4) is 0 Å². The van der Waals surface area contributed by atoms with Crippen LogP contribution in [0.25, 0.3) is 0 Å². The van der Waals surface area contributed by atoms with Crippen molar-refractivity contribution < 1.29 is 4.74 Å². The maximum absolute atomic E-state index is 5.88. The van der Waals surface area contributed by atoms with Crippen LogP contribution in [0.15, 0.2) is 28.1 Å². The molecular weight excluding hydrogens is 324 g/mol. The van der Waals surface area contributed by atoms with E-state index in [9.17, 15) is 0 Å². The maximum atomic E-state index is 5.88. The smallest absolute Gasteiger partial charge is 0.141 e. The van der Waals surface area contributed by atoms with Crippen LogP contribution in [0, 0.1) is 6.92 Å². The number of aryl methyl sites for hydroxylation is 1. The Morgan fingerprint density at radius 2 is 2.21 bits per heavy atom. The minimum Gasteiger partial charge on any atom is -0.486 e. The molecule has 0 saturated heterocycles. The Balaban J connectivity index is 2.13. The second-order valence-electron chi connectivity index (χ2n) is 4.56. The predicted octanol–water partition coefficient (Wildman–Crippen LogP) is 3.68. The van der Waals surface area contributed by atoms with Gasteiger partial charge in [-0.05, 0) is 53.4 Å². The number of pyridine rings is 1. The predicted molar refractivity (Wildman–Crippen MR) is 82.7 cm³/mol. The Hall–Kier alpha value is -0.910. The molecule has 0 fully saturated rings. The van der Waals surface area contributed by atoms with Crippen LogP contribution < -0.4 is 10.5 Å². The minimum atomic E-state index is 0.0742. The molecule has 0 aromatic carbocycles. The lowest BCUT2D eigenvalue weighted by Crippen LogP contribution is -2.19. The number of nitrogens with zero attached hydrogens (tertiary/aromatic N) is 1. The second-order valence-corrected chi connectivity index (χ2v) is 6.41. The Morgan fingerprint density at radius 3 is 2.84 bits per heavy atom. The van der Waals surface area contributed by atoms with Crippen molar-refractivity contribution in [3.63, 3.8) is 0 Å². The molecule has 102 valence electrons. The standard InChI is InChI=1S/C14H17BrN2OS/c1-9(16)7-12-13(4-3-10(2)17-12)18-8-14-11(15)5-6-19-14/h3-6,9H,7-8,16H2,1-2H3. The van der Waals surface area contributed by atoms with E-state index in [4.69, 9.17) is 10.5 Å². The summed E-state index contributed by atoms with van der Waals surface area (Å²) in [7, 11) is 0. The number of hydrogen-bond acceptors (Lipinski definition) is 4. The zero-order valence-corrected chi connectivity index (χ0v) is 13.4. The second kappa shape index (κ2) is 6.50. The van der Waals surface area contributed by atoms with Crippen molar-refractivity contribution in [2.24, 2.45) is 5.73 Å². The third kappa shape index (κ3) is 4.03. The van der Waals surface area contributed by atoms with E-state index in [1.165, 1.54) is 4.88 Å². The van der Waals surface area contributed by atoms with Crippen molar-refractivity contribution in [3.05, 3.63) is 44.3 Å². The Bertz CT molecular complexity index is 554. The van der Waals surface area contributed by atoms with E-state index in [2.05, 4.69) is 20.9 Å². The van der Waals surface area contributed by atoms with Crippen molar-refractivity contribution >= 4 is 27.3 Å². The molecule has 1 atom stereocenters. The molecule has 0 saturated carbocycles. The first kappa shape index (κ1) is 14.5. The molecule has 0 amide bonds. The average Bonchev–Trinajstić information content (AvgIpc) is 2.73. The van der Waals surface area contributed by atoms with Gasteiger partial charge in [-0.3, -0.25) is 4.98 Å². The highest BCUT2D eigenvalue weighted by Gasteiger charge is 2.10. The molecule has 19 heavy (non-hydrogen) atoms. The summed E-state index contributed by atoms with van der Waals surface area (Å²) in [6.45, 7) is 4.50. The lowest BCUT2D eigenvalue weighted by atomic mass is 10.1. The third-order valence-electron chi connectivity index (χ3n) is 2.64. The number of halogens is 1. The van der Waals surface area contributed by atoms with Crippen LogP contribution in [-0.2, 0) is 13.0 Å². The highest BCUT2D eigenvalue weighted by molar-refractivity contribution is 9.10. The first-order valence-electron chi connectivity index (χ1n) is 6.13. The zero-order valence-electron chi connectivity index (χ0n) is 11.0. The van der Waals surface area contributed by atoms with Gasteiger partial charge in [0.05, 0.1) is 10.6 Å². The lowest BCUT2D eigenvalue weighted by Gasteiger charge is -2.12. The fourth-order valence-corrected chi connectivity index (χ4v) is 3.13. The van der Waals surface area contributed by atoms with Crippen molar-refractivity contribution in [1.82, 2.24) is 4.98 Å². The van der Waals surface area contributed by atoms with Crippen molar-refractivity contribution in [2.75, 3.05) is 0 Å². The molecule has 2 rings (SSSR count). The van der Waals surface area contributed by atoms with Crippen LogP contribution in [0.4, 0.5) is 0 Å². The first-order chi connectivity index (χ1) is 9.06. The summed E-state index contributed by atoms with van der Waals surface area (Å²) in [6.07, 6.45) is 0.725. The van der Waals surface area contributed by atoms with E-state index < -0.39 is 0 Å². The van der Waals surface area contributed by atoms with Gasteiger partial charge in [0, 0.05) is 22.6 Å². The van der Waals surface area contributed by atoms with Gasteiger partial charge in [0.15, 0.2) is 0 Å². The molecule has 2 aromatic heterocycles. The Kier molecular flexibility index (Phi) is 4.96. The van der Waals surface area contributed by atoms with E-state index >= 15 is 0 Å². The highest BCUT2D eigenvalue weighted by Crippen LogP contribution is 2.26. The van der Waals surface area contributed by atoms with Gasteiger partial charge < -0.3 is 10.5 Å². The van der Waals surface area contributed by atoms with Crippen LogP contribution in [-0.4, -0.2) is 11.0 Å². The molecule has 1 unspecified atom stereocenters. The fraction of sp³-hybridized carbons (Fsp3) is 0.357. The van der Waals surface area contributed by atoms with Crippen molar-refractivity contribution in [3.8, 4) is 5.75 Å². The quantitative estimate of drug-likeness (QED) is 0.902. The number of ether oxygens (including phenoxy) is 1. The normalized spacial score (nSPS) is 12.4. The molecular formula is C14H17BrN2OS. The van der Waals surface area contributed by atoms with Gasteiger partial charge in [0.1, 0.15) is 12.4 Å². The first-order valence-corrected chi connectivity index (χ1v) is 7.80. The van der Waals surface area contributed by atoms with E-state index in [1.807, 2.05) is 37.4 Å². The summed E-state index contributed by atoms with van der Waals surface area (Å²) in [6, 6.07) is 6.04. The molecule has 3 nitrogen and oxygen atoms in total. The van der Waals surface area contributed by atoms with Crippen LogP contribution in [0.5, 0.6) is 5.75 Å². The molecule has 0 aliphatic heterocycles.